The molecule has 1 aliphatic heterocycles. The first kappa shape index (κ1) is 17.5. The van der Waals surface area contributed by atoms with E-state index in [-0.39, 0.29) is 18.6 Å². The Hall–Kier alpha value is -2.37. The first-order chi connectivity index (χ1) is 12.3. The van der Waals surface area contributed by atoms with Gasteiger partial charge in [-0.2, -0.15) is 0 Å². The number of nitrogens with zero attached hydrogens (tertiary/aromatic N) is 1. The fraction of sp³-hybridized carbons (Fsp3) is 0.350. The van der Waals surface area contributed by atoms with Gasteiger partial charge in [0, 0.05) is 19.6 Å². The quantitative estimate of drug-likeness (QED) is 0.840. The molecule has 2 aromatic rings. The largest absolute Gasteiger partial charge is 0.484 e. The summed E-state index contributed by atoms with van der Waals surface area (Å²) in [5, 5.41) is 3.10. The highest BCUT2D eigenvalue weighted by atomic mass is 16.5. The van der Waals surface area contributed by atoms with Crippen LogP contribution in [-0.2, 0) is 9.53 Å². The van der Waals surface area contributed by atoms with E-state index < -0.39 is 0 Å². The molecule has 0 aromatic heterocycles. The average molecular weight is 340 g/mol. The fourth-order valence-corrected chi connectivity index (χ4v) is 2.86. The van der Waals surface area contributed by atoms with Crippen LogP contribution >= 0.6 is 0 Å². The van der Waals surface area contributed by atoms with Crippen LogP contribution in [0.1, 0.15) is 11.6 Å². The van der Waals surface area contributed by atoms with Gasteiger partial charge < -0.3 is 14.8 Å². The molecule has 1 aliphatic rings. The summed E-state index contributed by atoms with van der Waals surface area (Å²) in [7, 11) is 0. The molecule has 1 fully saturated rings. The maximum Gasteiger partial charge on any atom is 0.258 e. The second-order valence-corrected chi connectivity index (χ2v) is 6.05. The van der Waals surface area contributed by atoms with Gasteiger partial charge in [-0.05, 0) is 17.7 Å². The summed E-state index contributed by atoms with van der Waals surface area (Å²) < 4.78 is 11.0. The van der Waals surface area contributed by atoms with Crippen molar-refractivity contribution < 1.29 is 14.3 Å². The topological polar surface area (TPSA) is 50.8 Å². The zero-order valence-corrected chi connectivity index (χ0v) is 14.3. The predicted octanol–water partition coefficient (Wildman–Crippen LogP) is 2.26. The molecule has 1 amide bonds. The number of benzene rings is 2. The molecule has 5 heteroatoms. The molecule has 1 heterocycles. The van der Waals surface area contributed by atoms with Gasteiger partial charge in [0.15, 0.2) is 6.61 Å². The van der Waals surface area contributed by atoms with E-state index >= 15 is 0 Å². The van der Waals surface area contributed by atoms with Gasteiger partial charge in [0.2, 0.25) is 0 Å². The van der Waals surface area contributed by atoms with Crippen molar-refractivity contribution in [2.75, 3.05) is 39.5 Å². The smallest absolute Gasteiger partial charge is 0.258 e. The van der Waals surface area contributed by atoms with Gasteiger partial charge in [-0.1, -0.05) is 48.5 Å². The van der Waals surface area contributed by atoms with Crippen molar-refractivity contribution in [3.8, 4) is 5.75 Å². The van der Waals surface area contributed by atoms with Gasteiger partial charge in [0.1, 0.15) is 5.75 Å². The average Bonchev–Trinajstić information content (AvgIpc) is 2.68. The van der Waals surface area contributed by atoms with Crippen molar-refractivity contribution in [1.82, 2.24) is 10.2 Å². The minimum Gasteiger partial charge on any atom is -0.484 e. The third-order valence-corrected chi connectivity index (χ3v) is 4.19. The van der Waals surface area contributed by atoms with E-state index in [1.165, 1.54) is 0 Å². The lowest BCUT2D eigenvalue weighted by Crippen LogP contribution is -2.44. The Bertz CT molecular complexity index is 643. The molecule has 3 rings (SSSR count). The summed E-state index contributed by atoms with van der Waals surface area (Å²) in [6, 6.07) is 19.4. The second-order valence-electron chi connectivity index (χ2n) is 6.05. The summed E-state index contributed by atoms with van der Waals surface area (Å²) in [6.45, 7) is 4.04. The Balaban J connectivity index is 1.59. The van der Waals surface area contributed by atoms with E-state index in [9.17, 15) is 4.79 Å². The number of hydrogen-bond acceptors (Lipinski definition) is 4. The second kappa shape index (κ2) is 9.20. The minimum absolute atomic E-state index is 0.0104. The number of amides is 1. The number of morpholine rings is 1. The Morgan fingerprint density at radius 1 is 1.04 bits per heavy atom. The van der Waals surface area contributed by atoms with Gasteiger partial charge in [-0.25, -0.2) is 0 Å². The number of hydrogen-bond donors (Lipinski definition) is 1. The van der Waals surface area contributed by atoms with Gasteiger partial charge >= 0.3 is 0 Å². The molecule has 1 unspecified atom stereocenters. The molecule has 0 bridgehead atoms. The van der Waals surface area contributed by atoms with Crippen LogP contribution in [0.4, 0.5) is 0 Å². The zero-order valence-electron chi connectivity index (χ0n) is 14.3. The Morgan fingerprint density at radius 3 is 2.36 bits per heavy atom. The van der Waals surface area contributed by atoms with Crippen molar-refractivity contribution in [3.63, 3.8) is 0 Å². The van der Waals surface area contributed by atoms with Gasteiger partial charge in [-0.3, -0.25) is 9.69 Å². The zero-order chi connectivity index (χ0) is 17.3. The summed E-state index contributed by atoms with van der Waals surface area (Å²) >= 11 is 0. The lowest BCUT2D eigenvalue weighted by atomic mass is 10.1. The van der Waals surface area contributed by atoms with Crippen molar-refractivity contribution in [2.24, 2.45) is 0 Å². The third-order valence-electron chi connectivity index (χ3n) is 4.19. The number of rotatable bonds is 7. The standard InChI is InChI=1S/C20H24N2O3/c23-20(16-25-18-9-5-2-6-10-18)21-19(17-7-3-1-4-8-17)15-22-11-13-24-14-12-22/h1-10,19H,11-16H2,(H,21,23). The van der Waals surface area contributed by atoms with E-state index in [1.54, 1.807) is 0 Å². The van der Waals surface area contributed by atoms with Crippen LogP contribution in [0.5, 0.6) is 5.75 Å². The van der Waals surface area contributed by atoms with Crippen LogP contribution in [0, 0.1) is 0 Å². The summed E-state index contributed by atoms with van der Waals surface area (Å²) in [5.74, 6) is 0.577. The molecule has 132 valence electrons. The molecule has 2 aromatic carbocycles. The Morgan fingerprint density at radius 2 is 1.68 bits per heavy atom. The maximum absolute atomic E-state index is 12.4. The third kappa shape index (κ3) is 5.59. The molecule has 0 spiro atoms. The van der Waals surface area contributed by atoms with Crippen molar-refractivity contribution in [1.29, 1.82) is 0 Å². The van der Waals surface area contributed by atoms with E-state index in [0.717, 1.165) is 38.4 Å². The van der Waals surface area contributed by atoms with Crippen LogP contribution in [0.15, 0.2) is 60.7 Å². The highest BCUT2D eigenvalue weighted by molar-refractivity contribution is 5.78. The number of ether oxygens (including phenoxy) is 2. The molecule has 0 radical (unpaired) electrons. The van der Waals surface area contributed by atoms with Gasteiger partial charge in [0.05, 0.1) is 19.3 Å². The van der Waals surface area contributed by atoms with Crippen molar-refractivity contribution in [2.45, 2.75) is 6.04 Å². The highest BCUT2D eigenvalue weighted by Gasteiger charge is 2.20. The van der Waals surface area contributed by atoms with Crippen molar-refractivity contribution in [3.05, 3.63) is 66.2 Å². The fourth-order valence-electron chi connectivity index (χ4n) is 2.86. The minimum atomic E-state index is -0.119. The molecule has 5 nitrogen and oxygen atoms in total. The lowest BCUT2D eigenvalue weighted by Gasteiger charge is -2.31. The monoisotopic (exact) mass is 340 g/mol. The van der Waals surface area contributed by atoms with Gasteiger partial charge in [-0.15, -0.1) is 0 Å². The molecular formula is C20H24N2O3. The normalized spacial score (nSPS) is 16.2. The van der Waals surface area contributed by atoms with E-state index in [4.69, 9.17) is 9.47 Å². The Labute approximate surface area is 148 Å². The molecule has 1 atom stereocenters. The van der Waals surface area contributed by atoms with Crippen LogP contribution < -0.4 is 10.1 Å². The number of para-hydroxylation sites is 1. The Kier molecular flexibility index (Phi) is 6.42. The van der Waals surface area contributed by atoms with Crippen LogP contribution in [-0.4, -0.2) is 50.3 Å². The first-order valence-electron chi connectivity index (χ1n) is 8.63. The molecule has 0 aliphatic carbocycles. The summed E-state index contributed by atoms with van der Waals surface area (Å²) in [4.78, 5) is 14.7. The van der Waals surface area contributed by atoms with Crippen LogP contribution in [0.25, 0.3) is 0 Å². The molecule has 0 saturated carbocycles. The maximum atomic E-state index is 12.4. The van der Waals surface area contributed by atoms with E-state index in [1.807, 2.05) is 60.7 Å². The number of nitrogens with one attached hydrogen (secondary N) is 1. The van der Waals surface area contributed by atoms with E-state index in [0.29, 0.717) is 5.75 Å². The molecule has 25 heavy (non-hydrogen) atoms. The van der Waals surface area contributed by atoms with Crippen LogP contribution in [0.3, 0.4) is 0 Å². The molecular weight excluding hydrogens is 316 g/mol. The van der Waals surface area contributed by atoms with Crippen LogP contribution in [0.2, 0.25) is 0 Å². The molecule has 1 saturated heterocycles. The highest BCUT2D eigenvalue weighted by Crippen LogP contribution is 2.15. The first-order valence-corrected chi connectivity index (χ1v) is 8.63. The molecule has 1 N–H and O–H groups in total. The lowest BCUT2D eigenvalue weighted by molar-refractivity contribution is -0.124. The summed E-state index contributed by atoms with van der Waals surface area (Å²) in [5.41, 5.74) is 1.10. The number of carbonyl (C=O) groups is 1. The van der Waals surface area contributed by atoms with Crippen molar-refractivity contribution >= 4 is 5.91 Å². The van der Waals surface area contributed by atoms with E-state index in [2.05, 4.69) is 10.2 Å². The summed E-state index contributed by atoms with van der Waals surface area (Å²) in [6.07, 6.45) is 0. The number of carbonyl (C=O) groups excluding carboxylic acids is 1. The SMILES string of the molecule is O=C(COc1ccccc1)NC(CN1CCOCC1)c1ccccc1. The predicted molar refractivity (Wildman–Crippen MR) is 96.5 cm³/mol. The van der Waals surface area contributed by atoms with Gasteiger partial charge in [0.25, 0.3) is 5.91 Å².